The van der Waals surface area contributed by atoms with Crippen LogP contribution < -0.4 is 10.1 Å². The summed E-state index contributed by atoms with van der Waals surface area (Å²) in [5, 5.41) is 2.91. The minimum absolute atomic E-state index is 0.0904. The molecule has 2 heterocycles. The van der Waals surface area contributed by atoms with Crippen molar-refractivity contribution in [3.05, 3.63) is 95.1 Å². The molecule has 0 bridgehead atoms. The standard InChI is InChI=1S/C24H22FN3O3/c1-31-19-10-6-16(7-11-19)14-27-22(29)13-21-23-20(3-2-12-26-23)24(30)28(21)15-17-4-8-18(25)9-5-17/h2-12,21H,13-15H2,1H3,(H,27,29)/t21-/m1/s1. The van der Waals surface area contributed by atoms with Crippen LogP contribution in [0.15, 0.2) is 66.9 Å². The number of aromatic nitrogens is 1. The molecule has 0 aliphatic carbocycles. The van der Waals surface area contributed by atoms with Crippen LogP contribution in [0.5, 0.6) is 5.75 Å². The molecule has 0 unspecified atom stereocenters. The number of nitrogens with one attached hydrogen (secondary N) is 1. The molecular formula is C24H22FN3O3. The first-order chi connectivity index (χ1) is 15.0. The number of carbonyl (C=O) groups excluding carboxylic acids is 2. The van der Waals surface area contributed by atoms with Gasteiger partial charge in [0.1, 0.15) is 11.6 Å². The van der Waals surface area contributed by atoms with Crippen molar-refractivity contribution in [2.75, 3.05) is 7.11 Å². The van der Waals surface area contributed by atoms with Gasteiger partial charge in [0.15, 0.2) is 0 Å². The summed E-state index contributed by atoms with van der Waals surface area (Å²) in [5.74, 6) is 0.0474. The number of hydrogen-bond acceptors (Lipinski definition) is 4. The van der Waals surface area contributed by atoms with Crippen molar-refractivity contribution in [3.8, 4) is 5.75 Å². The molecule has 0 radical (unpaired) electrons. The van der Waals surface area contributed by atoms with Crippen LogP contribution in [0.25, 0.3) is 0 Å². The number of halogens is 1. The van der Waals surface area contributed by atoms with Gasteiger partial charge in [0.05, 0.1) is 30.8 Å². The van der Waals surface area contributed by atoms with Gasteiger partial charge in [-0.05, 0) is 47.5 Å². The van der Waals surface area contributed by atoms with Crippen LogP contribution >= 0.6 is 0 Å². The van der Waals surface area contributed by atoms with E-state index in [4.69, 9.17) is 4.74 Å². The maximum Gasteiger partial charge on any atom is 0.256 e. The van der Waals surface area contributed by atoms with Gasteiger partial charge in [-0.1, -0.05) is 24.3 Å². The van der Waals surface area contributed by atoms with E-state index in [1.54, 1.807) is 42.5 Å². The Morgan fingerprint density at radius 1 is 1.10 bits per heavy atom. The summed E-state index contributed by atoms with van der Waals surface area (Å²) in [6.45, 7) is 0.641. The average molecular weight is 419 g/mol. The van der Waals surface area contributed by atoms with E-state index >= 15 is 0 Å². The molecule has 1 atom stereocenters. The maximum absolute atomic E-state index is 13.3. The van der Waals surface area contributed by atoms with E-state index in [9.17, 15) is 14.0 Å². The number of carbonyl (C=O) groups is 2. The molecule has 1 aliphatic heterocycles. The Balaban J connectivity index is 1.48. The monoisotopic (exact) mass is 419 g/mol. The second-order valence-corrected chi connectivity index (χ2v) is 7.34. The van der Waals surface area contributed by atoms with Gasteiger partial charge in [-0.3, -0.25) is 14.6 Å². The molecule has 0 saturated carbocycles. The molecule has 1 aliphatic rings. The number of rotatable bonds is 7. The molecule has 0 fully saturated rings. The van der Waals surface area contributed by atoms with Gasteiger partial charge in [0, 0.05) is 19.3 Å². The van der Waals surface area contributed by atoms with Crippen LogP contribution in [-0.4, -0.2) is 28.8 Å². The van der Waals surface area contributed by atoms with E-state index in [1.807, 2.05) is 24.3 Å². The van der Waals surface area contributed by atoms with E-state index in [-0.39, 0.29) is 30.6 Å². The fraction of sp³-hybridized carbons (Fsp3) is 0.208. The quantitative estimate of drug-likeness (QED) is 0.635. The van der Waals surface area contributed by atoms with Crippen molar-refractivity contribution in [1.82, 2.24) is 15.2 Å². The Labute approximate surface area is 179 Å². The van der Waals surface area contributed by atoms with Gasteiger partial charge < -0.3 is 15.0 Å². The smallest absolute Gasteiger partial charge is 0.256 e. The molecule has 3 aromatic rings. The molecule has 2 aromatic carbocycles. The van der Waals surface area contributed by atoms with Crippen LogP contribution in [0.4, 0.5) is 4.39 Å². The van der Waals surface area contributed by atoms with Crippen molar-refractivity contribution in [3.63, 3.8) is 0 Å². The number of pyridine rings is 1. The number of benzene rings is 2. The summed E-state index contributed by atoms with van der Waals surface area (Å²) < 4.78 is 18.4. The minimum Gasteiger partial charge on any atom is -0.497 e. The van der Waals surface area contributed by atoms with Crippen LogP contribution in [0.1, 0.15) is 39.6 Å². The summed E-state index contributed by atoms with van der Waals surface area (Å²) in [5.41, 5.74) is 2.82. The van der Waals surface area contributed by atoms with Gasteiger partial charge >= 0.3 is 0 Å². The molecule has 1 aromatic heterocycles. The molecule has 2 amide bonds. The number of methoxy groups -OCH3 is 1. The Bertz CT molecular complexity index is 1080. The van der Waals surface area contributed by atoms with E-state index in [1.165, 1.54) is 12.1 Å². The zero-order valence-electron chi connectivity index (χ0n) is 17.0. The third-order valence-corrected chi connectivity index (χ3v) is 5.32. The van der Waals surface area contributed by atoms with Gasteiger partial charge in [-0.25, -0.2) is 4.39 Å². The first kappa shape index (κ1) is 20.5. The summed E-state index contributed by atoms with van der Waals surface area (Å²) in [4.78, 5) is 31.7. The lowest BCUT2D eigenvalue weighted by atomic mass is 10.1. The first-order valence-electron chi connectivity index (χ1n) is 9.95. The van der Waals surface area contributed by atoms with Crippen LogP contribution in [0, 0.1) is 5.82 Å². The number of ether oxygens (including phenoxy) is 1. The summed E-state index contributed by atoms with van der Waals surface area (Å²) in [6.07, 6.45) is 1.71. The molecule has 0 spiro atoms. The Morgan fingerprint density at radius 2 is 1.81 bits per heavy atom. The molecule has 7 heteroatoms. The number of hydrogen-bond donors (Lipinski definition) is 1. The second-order valence-electron chi connectivity index (χ2n) is 7.34. The van der Waals surface area contributed by atoms with Crippen molar-refractivity contribution in [2.45, 2.75) is 25.6 Å². The molecule has 0 saturated heterocycles. The van der Waals surface area contributed by atoms with Crippen molar-refractivity contribution >= 4 is 11.8 Å². The summed E-state index contributed by atoms with van der Waals surface area (Å²) in [7, 11) is 1.60. The lowest BCUT2D eigenvalue weighted by molar-refractivity contribution is -0.122. The van der Waals surface area contributed by atoms with E-state index in [0.717, 1.165) is 16.9 Å². The number of fused-ring (bicyclic) bond motifs is 1. The van der Waals surface area contributed by atoms with E-state index in [0.29, 0.717) is 17.8 Å². The zero-order valence-corrected chi connectivity index (χ0v) is 17.0. The fourth-order valence-electron chi connectivity index (χ4n) is 3.67. The Kier molecular flexibility index (Phi) is 5.93. The normalized spacial score (nSPS) is 15.0. The third-order valence-electron chi connectivity index (χ3n) is 5.32. The maximum atomic E-state index is 13.3. The topological polar surface area (TPSA) is 71.5 Å². The Hall–Kier alpha value is -3.74. The van der Waals surface area contributed by atoms with Gasteiger partial charge in [0.25, 0.3) is 5.91 Å². The largest absolute Gasteiger partial charge is 0.497 e. The Morgan fingerprint density at radius 3 is 2.52 bits per heavy atom. The van der Waals surface area contributed by atoms with Gasteiger partial charge in [0.2, 0.25) is 5.91 Å². The number of amides is 2. The highest BCUT2D eigenvalue weighted by Gasteiger charge is 2.38. The highest BCUT2D eigenvalue weighted by molar-refractivity contribution is 5.99. The summed E-state index contributed by atoms with van der Waals surface area (Å²) in [6, 6.07) is 16.4. The van der Waals surface area contributed by atoms with Crippen LogP contribution in [0.2, 0.25) is 0 Å². The molecule has 4 rings (SSSR count). The van der Waals surface area contributed by atoms with Crippen LogP contribution in [-0.2, 0) is 17.9 Å². The predicted octanol–water partition coefficient (Wildman–Crippen LogP) is 3.63. The van der Waals surface area contributed by atoms with E-state index in [2.05, 4.69) is 10.3 Å². The van der Waals surface area contributed by atoms with E-state index < -0.39 is 6.04 Å². The molecule has 6 nitrogen and oxygen atoms in total. The van der Waals surface area contributed by atoms with Gasteiger partial charge in [-0.2, -0.15) is 0 Å². The zero-order chi connectivity index (χ0) is 21.8. The predicted molar refractivity (Wildman–Crippen MR) is 113 cm³/mol. The second kappa shape index (κ2) is 8.95. The minimum atomic E-state index is -0.482. The average Bonchev–Trinajstić information content (AvgIpc) is 3.05. The molecule has 31 heavy (non-hydrogen) atoms. The lowest BCUT2D eigenvalue weighted by Gasteiger charge is -2.24. The first-order valence-corrected chi connectivity index (χ1v) is 9.95. The number of nitrogens with zero attached hydrogens (tertiary/aromatic N) is 2. The molecule has 158 valence electrons. The molecular weight excluding hydrogens is 397 g/mol. The highest BCUT2D eigenvalue weighted by Crippen LogP contribution is 2.35. The van der Waals surface area contributed by atoms with Gasteiger partial charge in [-0.15, -0.1) is 0 Å². The summed E-state index contributed by atoms with van der Waals surface area (Å²) >= 11 is 0. The molecule has 1 N–H and O–H groups in total. The third kappa shape index (κ3) is 4.55. The fourth-order valence-corrected chi connectivity index (χ4v) is 3.67. The SMILES string of the molecule is COc1ccc(CNC(=O)C[C@@H]2c3ncccc3C(=O)N2Cc2ccc(F)cc2)cc1. The highest BCUT2D eigenvalue weighted by atomic mass is 19.1. The van der Waals surface area contributed by atoms with Crippen molar-refractivity contribution in [2.24, 2.45) is 0 Å². The van der Waals surface area contributed by atoms with Crippen LogP contribution in [0.3, 0.4) is 0 Å². The van der Waals surface area contributed by atoms with Crippen molar-refractivity contribution < 1.29 is 18.7 Å². The van der Waals surface area contributed by atoms with Crippen molar-refractivity contribution in [1.29, 1.82) is 0 Å². The lowest BCUT2D eigenvalue weighted by Crippen LogP contribution is -2.32.